The van der Waals surface area contributed by atoms with Crippen LogP contribution in [-0.4, -0.2) is 47.7 Å². The Morgan fingerprint density at radius 2 is 2.22 bits per heavy atom. The minimum atomic E-state index is 0.611. The molecule has 5 heteroatoms. The van der Waals surface area contributed by atoms with Crippen LogP contribution in [0.4, 0.5) is 5.82 Å². The zero-order chi connectivity index (χ0) is 13.0. The van der Waals surface area contributed by atoms with Gasteiger partial charge in [-0.15, -0.1) is 0 Å². The van der Waals surface area contributed by atoms with E-state index in [1.807, 2.05) is 13.0 Å². The molecule has 0 spiro atoms. The molecule has 0 aromatic carbocycles. The van der Waals surface area contributed by atoms with E-state index < -0.39 is 0 Å². The van der Waals surface area contributed by atoms with Gasteiger partial charge in [-0.2, -0.15) is 4.98 Å². The minimum Gasteiger partial charge on any atom is -0.481 e. The second kappa shape index (κ2) is 6.00. The van der Waals surface area contributed by atoms with Crippen LogP contribution in [0.1, 0.15) is 25.6 Å². The largest absolute Gasteiger partial charge is 0.481 e. The number of hydrogen-bond acceptors (Lipinski definition) is 5. The van der Waals surface area contributed by atoms with Crippen LogP contribution < -0.4 is 10.1 Å². The summed E-state index contributed by atoms with van der Waals surface area (Å²) in [5, 5.41) is 3.33. The summed E-state index contributed by atoms with van der Waals surface area (Å²) >= 11 is 0. The van der Waals surface area contributed by atoms with Crippen molar-refractivity contribution < 1.29 is 4.74 Å². The lowest BCUT2D eigenvalue weighted by atomic mass is 10.4. The summed E-state index contributed by atoms with van der Waals surface area (Å²) in [4.78, 5) is 11.0. The predicted octanol–water partition coefficient (Wildman–Crippen LogP) is 1.69. The van der Waals surface area contributed by atoms with Gasteiger partial charge in [0.2, 0.25) is 5.88 Å². The lowest BCUT2D eigenvalue weighted by Crippen LogP contribution is -2.31. The smallest absolute Gasteiger partial charge is 0.218 e. The van der Waals surface area contributed by atoms with Gasteiger partial charge in [0.1, 0.15) is 11.6 Å². The summed E-state index contributed by atoms with van der Waals surface area (Å²) < 4.78 is 5.13. The van der Waals surface area contributed by atoms with Crippen molar-refractivity contribution in [2.24, 2.45) is 0 Å². The molecule has 0 radical (unpaired) electrons. The lowest BCUT2D eigenvalue weighted by Gasteiger charge is -2.20. The molecule has 2 rings (SSSR count). The average Bonchev–Trinajstić information content (AvgIpc) is 3.18. The SMILES string of the molecule is CCN(CCNc1cc(OC)nc(C)n1)C1CC1. The van der Waals surface area contributed by atoms with Crippen molar-refractivity contribution in [2.75, 3.05) is 32.1 Å². The number of hydrogen-bond donors (Lipinski definition) is 1. The highest BCUT2D eigenvalue weighted by Gasteiger charge is 2.27. The third-order valence-corrected chi connectivity index (χ3v) is 3.20. The van der Waals surface area contributed by atoms with Crippen LogP contribution in [0.2, 0.25) is 0 Å². The van der Waals surface area contributed by atoms with Crippen molar-refractivity contribution in [3.63, 3.8) is 0 Å². The molecule has 1 heterocycles. The number of anilines is 1. The van der Waals surface area contributed by atoms with Crippen molar-refractivity contribution >= 4 is 5.82 Å². The fraction of sp³-hybridized carbons (Fsp3) is 0.692. The topological polar surface area (TPSA) is 50.3 Å². The highest BCUT2D eigenvalue weighted by Crippen LogP contribution is 2.26. The van der Waals surface area contributed by atoms with Gasteiger partial charge in [-0.25, -0.2) is 4.98 Å². The Kier molecular flexibility index (Phi) is 4.36. The molecule has 0 unspecified atom stereocenters. The van der Waals surface area contributed by atoms with Crippen LogP contribution in [-0.2, 0) is 0 Å². The van der Waals surface area contributed by atoms with Gasteiger partial charge in [0.05, 0.1) is 7.11 Å². The summed E-state index contributed by atoms with van der Waals surface area (Å²) in [6.07, 6.45) is 2.71. The first-order chi connectivity index (χ1) is 8.72. The van der Waals surface area contributed by atoms with Crippen molar-refractivity contribution in [1.82, 2.24) is 14.9 Å². The minimum absolute atomic E-state index is 0.611. The first kappa shape index (κ1) is 13.1. The zero-order valence-electron chi connectivity index (χ0n) is 11.4. The predicted molar refractivity (Wildman–Crippen MR) is 72.1 cm³/mol. The number of rotatable bonds is 7. The molecule has 1 N–H and O–H groups in total. The third kappa shape index (κ3) is 3.57. The molecule has 1 saturated carbocycles. The second-order valence-corrected chi connectivity index (χ2v) is 4.63. The van der Waals surface area contributed by atoms with E-state index in [2.05, 4.69) is 27.1 Å². The second-order valence-electron chi connectivity index (χ2n) is 4.63. The first-order valence-electron chi connectivity index (χ1n) is 6.60. The molecule has 5 nitrogen and oxygen atoms in total. The Hall–Kier alpha value is -1.36. The molecule has 0 saturated heterocycles. The van der Waals surface area contributed by atoms with Crippen LogP contribution in [0.25, 0.3) is 0 Å². The summed E-state index contributed by atoms with van der Waals surface area (Å²) in [5.41, 5.74) is 0. The molecule has 0 amide bonds. The Morgan fingerprint density at radius 3 is 2.83 bits per heavy atom. The van der Waals surface area contributed by atoms with Gasteiger partial charge in [-0.05, 0) is 26.3 Å². The Morgan fingerprint density at radius 1 is 1.44 bits per heavy atom. The quantitative estimate of drug-likeness (QED) is 0.798. The molecule has 1 aliphatic carbocycles. The Balaban J connectivity index is 1.83. The highest BCUT2D eigenvalue weighted by atomic mass is 16.5. The van der Waals surface area contributed by atoms with Crippen molar-refractivity contribution in [1.29, 1.82) is 0 Å². The summed E-state index contributed by atoms with van der Waals surface area (Å²) in [6.45, 7) is 7.18. The molecule has 0 bridgehead atoms. The van der Waals surface area contributed by atoms with Crippen molar-refractivity contribution in [2.45, 2.75) is 32.7 Å². The molecule has 18 heavy (non-hydrogen) atoms. The molecule has 1 aromatic heterocycles. The van der Waals surface area contributed by atoms with Crippen LogP contribution >= 0.6 is 0 Å². The molecule has 100 valence electrons. The van der Waals surface area contributed by atoms with Gasteiger partial charge in [0, 0.05) is 25.2 Å². The monoisotopic (exact) mass is 250 g/mol. The van der Waals surface area contributed by atoms with E-state index in [0.29, 0.717) is 5.88 Å². The van der Waals surface area contributed by atoms with Gasteiger partial charge in [-0.3, -0.25) is 4.90 Å². The number of methoxy groups -OCH3 is 1. The van der Waals surface area contributed by atoms with Crippen molar-refractivity contribution in [3.05, 3.63) is 11.9 Å². The maximum atomic E-state index is 5.13. The number of likely N-dealkylation sites (N-methyl/N-ethyl adjacent to an activating group) is 1. The number of ether oxygens (including phenoxy) is 1. The number of nitrogens with one attached hydrogen (secondary N) is 1. The van der Waals surface area contributed by atoms with Crippen LogP contribution in [0.15, 0.2) is 6.07 Å². The van der Waals surface area contributed by atoms with Crippen LogP contribution in [0.5, 0.6) is 5.88 Å². The maximum Gasteiger partial charge on any atom is 0.218 e. The number of aryl methyl sites for hydroxylation is 1. The summed E-state index contributed by atoms with van der Waals surface area (Å²) in [7, 11) is 1.62. The summed E-state index contributed by atoms with van der Waals surface area (Å²) in [6, 6.07) is 2.65. The number of aromatic nitrogens is 2. The van der Waals surface area contributed by atoms with Gasteiger partial charge >= 0.3 is 0 Å². The van der Waals surface area contributed by atoms with E-state index in [4.69, 9.17) is 4.74 Å². The zero-order valence-corrected chi connectivity index (χ0v) is 11.4. The fourth-order valence-electron chi connectivity index (χ4n) is 2.10. The van der Waals surface area contributed by atoms with Gasteiger partial charge in [0.25, 0.3) is 0 Å². The van der Waals surface area contributed by atoms with Gasteiger partial charge < -0.3 is 10.1 Å². The van der Waals surface area contributed by atoms with E-state index in [0.717, 1.165) is 37.3 Å². The molecule has 0 atom stereocenters. The molecular weight excluding hydrogens is 228 g/mol. The van der Waals surface area contributed by atoms with Gasteiger partial charge in [-0.1, -0.05) is 6.92 Å². The average molecular weight is 250 g/mol. The van der Waals surface area contributed by atoms with E-state index in [9.17, 15) is 0 Å². The highest BCUT2D eigenvalue weighted by molar-refractivity contribution is 5.38. The lowest BCUT2D eigenvalue weighted by molar-refractivity contribution is 0.289. The molecular formula is C13H22N4O. The fourth-order valence-corrected chi connectivity index (χ4v) is 2.10. The summed E-state index contributed by atoms with van der Waals surface area (Å²) in [5.74, 6) is 2.18. The van der Waals surface area contributed by atoms with Crippen LogP contribution in [0, 0.1) is 6.92 Å². The molecule has 0 aliphatic heterocycles. The first-order valence-corrected chi connectivity index (χ1v) is 6.60. The maximum absolute atomic E-state index is 5.13. The molecule has 1 fully saturated rings. The third-order valence-electron chi connectivity index (χ3n) is 3.20. The molecule has 1 aliphatic rings. The van der Waals surface area contributed by atoms with E-state index in [-0.39, 0.29) is 0 Å². The van der Waals surface area contributed by atoms with E-state index >= 15 is 0 Å². The van der Waals surface area contributed by atoms with Crippen LogP contribution in [0.3, 0.4) is 0 Å². The number of nitrogens with zero attached hydrogens (tertiary/aromatic N) is 3. The normalized spacial score (nSPS) is 14.9. The van der Waals surface area contributed by atoms with Gasteiger partial charge in [0.15, 0.2) is 0 Å². The standard InChI is InChI=1S/C13H22N4O/c1-4-17(11-5-6-11)8-7-14-12-9-13(18-3)16-10(2)15-12/h9,11H,4-8H2,1-3H3,(H,14,15,16). The Labute approximate surface area is 109 Å². The molecule has 1 aromatic rings. The van der Waals surface area contributed by atoms with E-state index in [1.165, 1.54) is 12.8 Å². The van der Waals surface area contributed by atoms with E-state index in [1.54, 1.807) is 7.11 Å². The Bertz CT molecular complexity index is 393. The van der Waals surface area contributed by atoms with Crippen molar-refractivity contribution in [3.8, 4) is 5.88 Å².